The Kier molecular flexibility index (Phi) is 4.83. The minimum absolute atomic E-state index is 0.237. The van der Waals surface area contributed by atoms with Crippen molar-refractivity contribution in [3.8, 4) is 17.1 Å². The zero-order valence-electron chi connectivity index (χ0n) is 14.6. The smallest absolute Gasteiger partial charge is 0.165 e. The van der Waals surface area contributed by atoms with Crippen molar-refractivity contribution in [3.05, 3.63) is 35.5 Å². The van der Waals surface area contributed by atoms with Gasteiger partial charge in [-0.25, -0.2) is 9.97 Å². The van der Waals surface area contributed by atoms with E-state index >= 15 is 0 Å². The number of hydrogen-bond donors (Lipinski definition) is 1. The van der Waals surface area contributed by atoms with Crippen LogP contribution in [0.4, 0.5) is 5.82 Å². The highest BCUT2D eigenvalue weighted by molar-refractivity contribution is 5.66. The quantitative estimate of drug-likeness (QED) is 0.909. The molecule has 4 rings (SSSR count). The Labute approximate surface area is 148 Å². The van der Waals surface area contributed by atoms with Crippen molar-refractivity contribution < 1.29 is 9.84 Å². The van der Waals surface area contributed by atoms with Gasteiger partial charge in [-0.1, -0.05) is 25.0 Å². The zero-order valence-corrected chi connectivity index (χ0v) is 14.6. The molecule has 2 aliphatic rings. The molecular formula is C20H25N3O2. The first kappa shape index (κ1) is 16.3. The maximum atomic E-state index is 10.3. The molecule has 1 saturated heterocycles. The molecule has 132 valence electrons. The van der Waals surface area contributed by atoms with Crippen LogP contribution in [0.1, 0.15) is 36.9 Å². The average Bonchev–Trinajstić information content (AvgIpc) is 2.63. The number of phenols is 1. The fourth-order valence-electron chi connectivity index (χ4n) is 3.75. The van der Waals surface area contributed by atoms with Crippen LogP contribution in [0.3, 0.4) is 0 Å². The molecule has 1 aromatic heterocycles. The van der Waals surface area contributed by atoms with Gasteiger partial charge in [-0.15, -0.1) is 0 Å². The minimum atomic E-state index is 0.237. The number of morpholine rings is 1. The Balaban J connectivity index is 1.83. The topological polar surface area (TPSA) is 58.5 Å². The standard InChI is InChI=1S/C20H25N3O2/c24-18-10-6-5-8-16(18)19-21-17-9-4-2-1-3-7-15(17)20(22-19)23-11-13-25-14-12-23/h5-6,8,10,24H,1-4,7,9,11-14H2. The third kappa shape index (κ3) is 3.47. The van der Waals surface area contributed by atoms with Gasteiger partial charge in [0.15, 0.2) is 5.82 Å². The number of aryl methyl sites for hydroxylation is 1. The second kappa shape index (κ2) is 7.40. The average molecular weight is 339 g/mol. The van der Waals surface area contributed by atoms with Crippen molar-refractivity contribution in [2.75, 3.05) is 31.2 Å². The summed E-state index contributed by atoms with van der Waals surface area (Å²) in [5, 5.41) is 10.3. The lowest BCUT2D eigenvalue weighted by molar-refractivity contribution is 0.122. The van der Waals surface area contributed by atoms with Gasteiger partial charge in [-0.05, 0) is 37.8 Å². The van der Waals surface area contributed by atoms with Crippen molar-refractivity contribution >= 4 is 5.82 Å². The first-order valence-electron chi connectivity index (χ1n) is 9.34. The van der Waals surface area contributed by atoms with E-state index in [1.807, 2.05) is 18.2 Å². The van der Waals surface area contributed by atoms with Crippen LogP contribution in [-0.4, -0.2) is 41.4 Å². The van der Waals surface area contributed by atoms with E-state index in [0.29, 0.717) is 11.4 Å². The second-order valence-corrected chi connectivity index (χ2v) is 6.83. The third-order valence-corrected chi connectivity index (χ3v) is 5.12. The largest absolute Gasteiger partial charge is 0.507 e. The van der Waals surface area contributed by atoms with Crippen LogP contribution in [0.15, 0.2) is 24.3 Å². The Bertz CT molecular complexity index is 742. The van der Waals surface area contributed by atoms with Gasteiger partial charge in [0.1, 0.15) is 11.6 Å². The molecule has 0 radical (unpaired) electrons. The summed E-state index contributed by atoms with van der Waals surface area (Å²) in [6.45, 7) is 3.21. The number of nitrogens with zero attached hydrogens (tertiary/aromatic N) is 3. The van der Waals surface area contributed by atoms with Gasteiger partial charge >= 0.3 is 0 Å². The van der Waals surface area contributed by atoms with E-state index in [4.69, 9.17) is 14.7 Å². The summed E-state index contributed by atoms with van der Waals surface area (Å²) in [5.41, 5.74) is 3.18. The van der Waals surface area contributed by atoms with E-state index in [2.05, 4.69) is 4.90 Å². The number of fused-ring (bicyclic) bond motifs is 1. The fourth-order valence-corrected chi connectivity index (χ4v) is 3.75. The number of rotatable bonds is 2. The molecule has 0 saturated carbocycles. The van der Waals surface area contributed by atoms with Crippen LogP contribution in [-0.2, 0) is 17.6 Å². The van der Waals surface area contributed by atoms with Gasteiger partial charge in [0.25, 0.3) is 0 Å². The van der Waals surface area contributed by atoms with Crippen LogP contribution in [0.5, 0.6) is 5.75 Å². The monoisotopic (exact) mass is 339 g/mol. The highest BCUT2D eigenvalue weighted by Gasteiger charge is 2.23. The molecule has 1 aliphatic heterocycles. The summed E-state index contributed by atoms with van der Waals surface area (Å²) in [6, 6.07) is 7.34. The van der Waals surface area contributed by atoms with E-state index in [9.17, 15) is 5.11 Å². The van der Waals surface area contributed by atoms with Crippen molar-refractivity contribution in [1.82, 2.24) is 9.97 Å². The summed E-state index contributed by atoms with van der Waals surface area (Å²) in [6.07, 6.45) is 6.96. The fraction of sp³-hybridized carbons (Fsp3) is 0.500. The molecule has 0 unspecified atom stereocenters. The van der Waals surface area contributed by atoms with Gasteiger partial charge in [0, 0.05) is 24.3 Å². The summed E-state index contributed by atoms with van der Waals surface area (Å²) >= 11 is 0. The molecule has 5 heteroatoms. The van der Waals surface area contributed by atoms with Gasteiger partial charge in [-0.2, -0.15) is 0 Å². The first-order chi connectivity index (χ1) is 12.3. The molecule has 5 nitrogen and oxygen atoms in total. The number of aromatic nitrogens is 2. The molecule has 1 aliphatic carbocycles. The number of phenolic OH excluding ortho intramolecular Hbond substituents is 1. The van der Waals surface area contributed by atoms with Gasteiger partial charge in [0.2, 0.25) is 0 Å². The molecule has 0 amide bonds. The molecule has 2 aromatic rings. The Morgan fingerprint density at radius 1 is 0.920 bits per heavy atom. The van der Waals surface area contributed by atoms with Crippen LogP contribution >= 0.6 is 0 Å². The van der Waals surface area contributed by atoms with E-state index < -0.39 is 0 Å². The molecule has 2 heterocycles. The molecule has 0 atom stereocenters. The maximum Gasteiger partial charge on any atom is 0.165 e. The molecule has 1 fully saturated rings. The lowest BCUT2D eigenvalue weighted by Gasteiger charge is -2.31. The van der Waals surface area contributed by atoms with Crippen LogP contribution in [0.2, 0.25) is 0 Å². The number of para-hydroxylation sites is 1. The maximum absolute atomic E-state index is 10.3. The van der Waals surface area contributed by atoms with Crippen molar-refractivity contribution in [2.24, 2.45) is 0 Å². The minimum Gasteiger partial charge on any atom is -0.507 e. The number of anilines is 1. The van der Waals surface area contributed by atoms with E-state index in [-0.39, 0.29) is 5.75 Å². The first-order valence-corrected chi connectivity index (χ1v) is 9.34. The van der Waals surface area contributed by atoms with Crippen LogP contribution < -0.4 is 4.90 Å². The Hall–Kier alpha value is -2.14. The molecule has 0 spiro atoms. The molecule has 25 heavy (non-hydrogen) atoms. The number of benzene rings is 1. The number of aromatic hydroxyl groups is 1. The van der Waals surface area contributed by atoms with Crippen LogP contribution in [0.25, 0.3) is 11.4 Å². The van der Waals surface area contributed by atoms with Gasteiger partial charge in [-0.3, -0.25) is 0 Å². The third-order valence-electron chi connectivity index (χ3n) is 5.12. The van der Waals surface area contributed by atoms with Crippen LogP contribution in [0, 0.1) is 0 Å². The summed E-state index contributed by atoms with van der Waals surface area (Å²) in [4.78, 5) is 12.1. The summed E-state index contributed by atoms with van der Waals surface area (Å²) in [5.74, 6) is 1.92. The SMILES string of the molecule is Oc1ccccc1-c1nc2c(c(N3CCOCC3)n1)CCCCCC2. The lowest BCUT2D eigenvalue weighted by atomic mass is 9.96. The number of ether oxygens (including phenoxy) is 1. The Morgan fingerprint density at radius 3 is 2.48 bits per heavy atom. The van der Waals surface area contributed by atoms with Gasteiger partial charge in [0.05, 0.1) is 18.8 Å². The predicted octanol–water partition coefficient (Wildman–Crippen LogP) is 3.34. The van der Waals surface area contributed by atoms with E-state index in [0.717, 1.165) is 50.7 Å². The molecular weight excluding hydrogens is 314 g/mol. The predicted molar refractivity (Wildman–Crippen MR) is 98.0 cm³/mol. The summed E-state index contributed by atoms with van der Waals surface area (Å²) < 4.78 is 5.52. The normalized spacial score (nSPS) is 18.3. The highest BCUT2D eigenvalue weighted by atomic mass is 16.5. The lowest BCUT2D eigenvalue weighted by Crippen LogP contribution is -2.38. The van der Waals surface area contributed by atoms with E-state index in [1.54, 1.807) is 6.07 Å². The summed E-state index contributed by atoms with van der Waals surface area (Å²) in [7, 11) is 0. The number of hydrogen-bond acceptors (Lipinski definition) is 5. The van der Waals surface area contributed by atoms with Crippen molar-refractivity contribution in [3.63, 3.8) is 0 Å². The molecule has 1 N–H and O–H groups in total. The second-order valence-electron chi connectivity index (χ2n) is 6.83. The Morgan fingerprint density at radius 2 is 1.68 bits per heavy atom. The van der Waals surface area contributed by atoms with Gasteiger partial charge < -0.3 is 14.7 Å². The van der Waals surface area contributed by atoms with Crippen molar-refractivity contribution in [2.45, 2.75) is 38.5 Å². The molecule has 1 aromatic carbocycles. The zero-order chi connectivity index (χ0) is 17.1. The highest BCUT2D eigenvalue weighted by Crippen LogP contribution is 2.32. The molecule has 0 bridgehead atoms. The van der Waals surface area contributed by atoms with E-state index in [1.165, 1.54) is 31.2 Å². The van der Waals surface area contributed by atoms with Crippen molar-refractivity contribution in [1.29, 1.82) is 0 Å².